The number of nitriles is 1. The average Bonchev–Trinajstić information content (AvgIpc) is 2.90. The van der Waals surface area contributed by atoms with Gasteiger partial charge < -0.3 is 14.2 Å². The zero-order valence-electron chi connectivity index (χ0n) is 13.1. The third-order valence-electron chi connectivity index (χ3n) is 3.43. The van der Waals surface area contributed by atoms with Crippen LogP contribution in [0.2, 0.25) is 0 Å². The number of hydrogen-bond donors (Lipinski definition) is 0. The van der Waals surface area contributed by atoms with Gasteiger partial charge in [0, 0.05) is 6.07 Å². The van der Waals surface area contributed by atoms with Gasteiger partial charge in [0.1, 0.15) is 23.3 Å². The van der Waals surface area contributed by atoms with E-state index in [1.165, 1.54) is 0 Å². The van der Waals surface area contributed by atoms with E-state index < -0.39 is 0 Å². The first-order valence-corrected chi connectivity index (χ1v) is 7.52. The van der Waals surface area contributed by atoms with Crippen molar-refractivity contribution < 1.29 is 19.0 Å². The average molecular weight is 321 g/mol. The highest BCUT2D eigenvalue weighted by Gasteiger charge is 2.27. The largest absolute Gasteiger partial charge is 0.494 e. The predicted molar refractivity (Wildman–Crippen MR) is 88.1 cm³/mol. The zero-order valence-corrected chi connectivity index (χ0v) is 13.1. The van der Waals surface area contributed by atoms with Crippen LogP contribution in [0.1, 0.15) is 22.8 Å². The molecule has 0 spiro atoms. The minimum Gasteiger partial charge on any atom is -0.494 e. The molecule has 5 heteroatoms. The first kappa shape index (κ1) is 15.6. The van der Waals surface area contributed by atoms with E-state index in [0.717, 1.165) is 11.3 Å². The van der Waals surface area contributed by atoms with Crippen molar-refractivity contribution in [2.45, 2.75) is 6.92 Å². The summed E-state index contributed by atoms with van der Waals surface area (Å²) < 4.78 is 16.3. The SMILES string of the molecule is CCOc1ccc(C=C2Oc3cc(OCC#N)ccc3C2=O)cc1. The van der Waals surface area contributed by atoms with E-state index in [0.29, 0.717) is 23.7 Å². The molecule has 1 aliphatic heterocycles. The maximum absolute atomic E-state index is 12.4. The number of allylic oxidation sites excluding steroid dienone is 1. The van der Waals surface area contributed by atoms with E-state index in [4.69, 9.17) is 19.5 Å². The van der Waals surface area contributed by atoms with Crippen LogP contribution >= 0.6 is 0 Å². The van der Waals surface area contributed by atoms with Gasteiger partial charge in [-0.05, 0) is 42.8 Å². The van der Waals surface area contributed by atoms with Crippen LogP contribution in [0, 0.1) is 11.3 Å². The van der Waals surface area contributed by atoms with Crippen molar-refractivity contribution in [3.8, 4) is 23.3 Å². The normalized spacial score (nSPS) is 14.0. The Kier molecular flexibility index (Phi) is 4.48. The molecule has 0 saturated carbocycles. The molecule has 2 aromatic carbocycles. The molecule has 0 bridgehead atoms. The molecule has 0 radical (unpaired) electrons. The summed E-state index contributed by atoms with van der Waals surface area (Å²) >= 11 is 0. The first-order chi connectivity index (χ1) is 11.7. The first-order valence-electron chi connectivity index (χ1n) is 7.52. The molecule has 0 fully saturated rings. The Morgan fingerprint density at radius 2 is 1.88 bits per heavy atom. The summed E-state index contributed by atoms with van der Waals surface area (Å²) in [4.78, 5) is 12.4. The second-order valence-electron chi connectivity index (χ2n) is 5.05. The summed E-state index contributed by atoms with van der Waals surface area (Å²) in [6, 6.07) is 14.2. The molecule has 1 aliphatic rings. The topological polar surface area (TPSA) is 68.6 Å². The van der Waals surface area contributed by atoms with Gasteiger partial charge >= 0.3 is 0 Å². The Labute approximate surface area is 139 Å². The van der Waals surface area contributed by atoms with E-state index in [1.807, 2.05) is 37.3 Å². The number of carbonyl (C=O) groups excluding carboxylic acids is 1. The number of benzene rings is 2. The third kappa shape index (κ3) is 3.23. The van der Waals surface area contributed by atoms with E-state index in [1.54, 1.807) is 24.3 Å². The van der Waals surface area contributed by atoms with Crippen LogP contribution in [0.5, 0.6) is 17.2 Å². The molecule has 0 saturated heterocycles. The highest BCUT2D eigenvalue weighted by molar-refractivity contribution is 6.14. The number of rotatable bonds is 5. The lowest BCUT2D eigenvalue weighted by Gasteiger charge is -2.04. The molecule has 1 heterocycles. The lowest BCUT2D eigenvalue weighted by molar-refractivity contribution is 0.101. The van der Waals surface area contributed by atoms with Crippen LogP contribution in [0.4, 0.5) is 0 Å². The van der Waals surface area contributed by atoms with Crippen molar-refractivity contribution in [3.05, 3.63) is 59.4 Å². The van der Waals surface area contributed by atoms with Crippen LogP contribution in [-0.2, 0) is 0 Å². The number of fused-ring (bicyclic) bond motifs is 1. The van der Waals surface area contributed by atoms with Gasteiger partial charge in [0.25, 0.3) is 0 Å². The monoisotopic (exact) mass is 321 g/mol. The maximum Gasteiger partial charge on any atom is 0.231 e. The van der Waals surface area contributed by atoms with Crippen LogP contribution in [-0.4, -0.2) is 19.0 Å². The molecule has 0 atom stereocenters. The quantitative estimate of drug-likeness (QED) is 0.787. The molecule has 0 aromatic heterocycles. The highest BCUT2D eigenvalue weighted by Crippen LogP contribution is 2.34. The molecule has 0 amide bonds. The number of ether oxygens (including phenoxy) is 3. The number of Topliss-reactive ketones (excluding diaryl/α,β-unsaturated/α-hetero) is 1. The summed E-state index contributed by atoms with van der Waals surface area (Å²) in [5.41, 5.74) is 1.33. The molecule has 0 N–H and O–H groups in total. The van der Waals surface area contributed by atoms with Gasteiger partial charge in [0.15, 0.2) is 12.4 Å². The molecular formula is C19H15NO4. The van der Waals surface area contributed by atoms with E-state index in [-0.39, 0.29) is 18.1 Å². The smallest absolute Gasteiger partial charge is 0.231 e. The van der Waals surface area contributed by atoms with Crippen molar-refractivity contribution in [3.63, 3.8) is 0 Å². The van der Waals surface area contributed by atoms with Crippen LogP contribution in [0.3, 0.4) is 0 Å². The van der Waals surface area contributed by atoms with Gasteiger partial charge in [-0.2, -0.15) is 5.26 Å². The van der Waals surface area contributed by atoms with Gasteiger partial charge in [-0.1, -0.05) is 12.1 Å². The molecule has 24 heavy (non-hydrogen) atoms. The van der Waals surface area contributed by atoms with Crippen molar-refractivity contribution in [1.29, 1.82) is 5.26 Å². The van der Waals surface area contributed by atoms with Crippen molar-refractivity contribution in [1.82, 2.24) is 0 Å². The third-order valence-corrected chi connectivity index (χ3v) is 3.43. The fourth-order valence-electron chi connectivity index (χ4n) is 2.35. The Bertz CT molecular complexity index is 831. The van der Waals surface area contributed by atoms with Gasteiger partial charge in [0.2, 0.25) is 5.78 Å². The molecule has 2 aromatic rings. The summed E-state index contributed by atoms with van der Waals surface area (Å²) in [6.07, 6.45) is 1.69. The predicted octanol–water partition coefficient (Wildman–Crippen LogP) is 3.60. The van der Waals surface area contributed by atoms with Crippen LogP contribution in [0.15, 0.2) is 48.2 Å². The Hall–Kier alpha value is -3.26. The minimum atomic E-state index is -0.175. The fourth-order valence-corrected chi connectivity index (χ4v) is 2.35. The summed E-state index contributed by atoms with van der Waals surface area (Å²) in [5.74, 6) is 1.79. The van der Waals surface area contributed by atoms with Crippen LogP contribution in [0.25, 0.3) is 6.08 Å². The molecule has 5 nitrogen and oxygen atoms in total. The molecule has 3 rings (SSSR count). The van der Waals surface area contributed by atoms with E-state index in [2.05, 4.69) is 0 Å². The van der Waals surface area contributed by atoms with Gasteiger partial charge in [0.05, 0.1) is 12.2 Å². The van der Waals surface area contributed by atoms with Gasteiger partial charge in [-0.25, -0.2) is 0 Å². The summed E-state index contributed by atoms with van der Waals surface area (Å²) in [5, 5.41) is 8.54. The number of ketones is 1. The number of carbonyl (C=O) groups is 1. The molecule has 0 unspecified atom stereocenters. The Morgan fingerprint density at radius 3 is 2.58 bits per heavy atom. The van der Waals surface area contributed by atoms with Crippen molar-refractivity contribution in [2.75, 3.05) is 13.2 Å². The fraction of sp³-hybridized carbons (Fsp3) is 0.158. The molecule has 0 aliphatic carbocycles. The zero-order chi connectivity index (χ0) is 16.9. The summed E-state index contributed by atoms with van der Waals surface area (Å²) in [6.45, 7) is 2.47. The van der Waals surface area contributed by atoms with E-state index in [9.17, 15) is 4.79 Å². The lowest BCUT2D eigenvalue weighted by Crippen LogP contribution is -1.98. The number of hydrogen-bond acceptors (Lipinski definition) is 5. The van der Waals surface area contributed by atoms with Crippen molar-refractivity contribution >= 4 is 11.9 Å². The second-order valence-corrected chi connectivity index (χ2v) is 5.05. The summed E-state index contributed by atoms with van der Waals surface area (Å²) in [7, 11) is 0. The standard InChI is InChI=1S/C19H15NO4/c1-2-22-14-5-3-13(4-6-14)11-18-19(21)16-8-7-15(23-10-9-20)12-17(16)24-18/h3-8,11-12H,2,10H2,1H3. The number of nitrogens with zero attached hydrogens (tertiary/aromatic N) is 1. The van der Waals surface area contributed by atoms with Gasteiger partial charge in [-0.3, -0.25) is 4.79 Å². The minimum absolute atomic E-state index is 0.0540. The van der Waals surface area contributed by atoms with E-state index >= 15 is 0 Å². The second kappa shape index (κ2) is 6.88. The van der Waals surface area contributed by atoms with Crippen molar-refractivity contribution in [2.24, 2.45) is 0 Å². The molecule has 120 valence electrons. The Balaban J connectivity index is 1.80. The highest BCUT2D eigenvalue weighted by atomic mass is 16.5. The maximum atomic E-state index is 12.4. The van der Waals surface area contributed by atoms with Gasteiger partial charge in [-0.15, -0.1) is 0 Å². The lowest BCUT2D eigenvalue weighted by atomic mass is 10.1. The Morgan fingerprint density at radius 1 is 1.12 bits per heavy atom. The molecular weight excluding hydrogens is 306 g/mol. The van der Waals surface area contributed by atoms with Crippen LogP contribution < -0.4 is 14.2 Å².